The summed E-state index contributed by atoms with van der Waals surface area (Å²) in [5.41, 5.74) is 0. The molecule has 0 unspecified atom stereocenters. The van der Waals surface area contributed by atoms with Crippen molar-refractivity contribution in [3.63, 3.8) is 0 Å². The third kappa shape index (κ3) is 5.00. The van der Waals surface area contributed by atoms with E-state index < -0.39 is 0 Å². The highest BCUT2D eigenvalue weighted by Gasteiger charge is 1.96. The smallest absolute Gasteiger partial charge is 0.225 e. The minimum atomic E-state index is -0.127. The van der Waals surface area contributed by atoms with Gasteiger partial charge in [-0.2, -0.15) is 0 Å². The van der Waals surface area contributed by atoms with Gasteiger partial charge in [0, 0.05) is 13.3 Å². The molecule has 2 N–H and O–H groups in total. The second-order valence-corrected chi connectivity index (χ2v) is 1.78. The second-order valence-electron chi connectivity index (χ2n) is 1.78. The summed E-state index contributed by atoms with van der Waals surface area (Å²) in [5, 5.41) is 9.04. The van der Waals surface area contributed by atoms with Crippen molar-refractivity contribution in [3.05, 3.63) is 6.92 Å². The molecular weight excluding hydrogens is 116 g/mol. The van der Waals surface area contributed by atoms with Crippen molar-refractivity contribution >= 4 is 11.7 Å². The summed E-state index contributed by atoms with van der Waals surface area (Å²) in [6.07, 6.45) is 1.27. The molecule has 0 heterocycles. The van der Waals surface area contributed by atoms with Crippen LogP contribution in [-0.4, -0.2) is 11.7 Å². The summed E-state index contributed by atoms with van der Waals surface area (Å²) in [4.78, 5) is 10.6. The molecule has 3 nitrogen and oxygen atoms in total. The first-order valence-corrected chi connectivity index (χ1v) is 2.87. The van der Waals surface area contributed by atoms with E-state index in [1.54, 1.807) is 0 Å². The molecule has 1 radical (unpaired) electrons. The summed E-state index contributed by atoms with van der Waals surface area (Å²) in [7, 11) is 0. The summed E-state index contributed by atoms with van der Waals surface area (Å²) < 4.78 is 0. The Morgan fingerprint density at radius 1 is 1.78 bits per heavy atom. The number of carbonyl (C=O) groups is 1. The molecule has 0 aromatic rings. The summed E-state index contributed by atoms with van der Waals surface area (Å²) in [6.45, 7) is 5.12. The van der Waals surface area contributed by atoms with Crippen LogP contribution < -0.4 is 5.32 Å². The highest BCUT2D eigenvalue weighted by atomic mass is 16.1. The van der Waals surface area contributed by atoms with E-state index in [1.165, 1.54) is 0 Å². The zero-order valence-electron chi connectivity index (χ0n) is 5.53. The van der Waals surface area contributed by atoms with Gasteiger partial charge in [-0.05, 0) is 6.42 Å². The minimum Gasteiger partial charge on any atom is -0.315 e. The third-order valence-corrected chi connectivity index (χ3v) is 0.767. The Labute approximate surface area is 55.0 Å². The van der Waals surface area contributed by atoms with Crippen molar-refractivity contribution < 1.29 is 4.79 Å². The Hall–Kier alpha value is -0.860. The largest absolute Gasteiger partial charge is 0.315 e. The zero-order chi connectivity index (χ0) is 7.28. The number of amides is 1. The van der Waals surface area contributed by atoms with Gasteiger partial charge in [0.25, 0.3) is 0 Å². The Balaban J connectivity index is 3.39. The predicted molar refractivity (Wildman–Crippen MR) is 36.1 cm³/mol. The van der Waals surface area contributed by atoms with Crippen LogP contribution in [0.4, 0.5) is 0 Å². The molecule has 0 aliphatic heterocycles. The van der Waals surface area contributed by atoms with Crippen LogP contribution in [0.5, 0.6) is 0 Å². The topological polar surface area (TPSA) is 53.0 Å². The molecule has 0 aliphatic rings. The highest BCUT2D eigenvalue weighted by Crippen LogP contribution is 1.84. The van der Waals surface area contributed by atoms with Crippen molar-refractivity contribution in [2.24, 2.45) is 0 Å². The normalized spacial score (nSPS) is 8.67. The third-order valence-electron chi connectivity index (χ3n) is 0.767. The molecule has 0 saturated heterocycles. The molecule has 0 fully saturated rings. The van der Waals surface area contributed by atoms with Gasteiger partial charge in [0.05, 0.1) is 0 Å². The second kappa shape index (κ2) is 4.06. The molecule has 0 aliphatic carbocycles. The van der Waals surface area contributed by atoms with Crippen molar-refractivity contribution in [2.75, 3.05) is 0 Å². The summed E-state index contributed by atoms with van der Waals surface area (Å²) in [5.74, 6) is -0.161. The maximum absolute atomic E-state index is 10.6. The van der Waals surface area contributed by atoms with Crippen molar-refractivity contribution in [1.29, 1.82) is 5.41 Å². The zero-order valence-corrected chi connectivity index (χ0v) is 5.53. The maximum Gasteiger partial charge on any atom is 0.225 e. The van der Waals surface area contributed by atoms with E-state index in [2.05, 4.69) is 12.2 Å². The molecular formula is C6H11N2O. The minimum absolute atomic E-state index is 0.0338. The molecule has 0 bridgehead atoms. The quantitative estimate of drug-likeness (QED) is 0.416. The van der Waals surface area contributed by atoms with Crippen LogP contribution in [0.25, 0.3) is 0 Å². The van der Waals surface area contributed by atoms with Gasteiger partial charge in [-0.1, -0.05) is 6.92 Å². The number of hydrogen-bond donors (Lipinski definition) is 2. The molecule has 0 aromatic carbocycles. The lowest BCUT2D eigenvalue weighted by molar-refractivity contribution is -0.119. The first kappa shape index (κ1) is 8.14. The van der Waals surface area contributed by atoms with Crippen molar-refractivity contribution in [1.82, 2.24) is 5.32 Å². The van der Waals surface area contributed by atoms with Gasteiger partial charge in [0.1, 0.15) is 5.84 Å². The van der Waals surface area contributed by atoms with E-state index in [1.807, 2.05) is 6.92 Å². The molecule has 1 amide bonds. The number of carbonyl (C=O) groups excluding carboxylic acids is 1. The number of rotatable bonds is 2. The van der Waals surface area contributed by atoms with Gasteiger partial charge < -0.3 is 5.32 Å². The predicted octanol–water partition coefficient (Wildman–Crippen LogP) is 0.714. The molecule has 0 spiro atoms. The molecule has 0 atom stereocenters. The SMILES string of the molecule is [CH2]C(=N)NC(=O)CCC. The number of nitrogens with one attached hydrogen (secondary N) is 2. The van der Waals surface area contributed by atoms with Gasteiger partial charge >= 0.3 is 0 Å². The first-order valence-electron chi connectivity index (χ1n) is 2.87. The highest BCUT2D eigenvalue weighted by molar-refractivity contribution is 5.98. The van der Waals surface area contributed by atoms with E-state index in [-0.39, 0.29) is 11.7 Å². The lowest BCUT2D eigenvalue weighted by atomic mass is 10.3. The van der Waals surface area contributed by atoms with Crippen LogP contribution in [0.2, 0.25) is 0 Å². The molecule has 0 saturated carbocycles. The Morgan fingerprint density at radius 3 is 2.67 bits per heavy atom. The molecule has 0 rings (SSSR count). The Morgan fingerprint density at radius 2 is 2.33 bits per heavy atom. The van der Waals surface area contributed by atoms with Crippen LogP contribution in [-0.2, 0) is 4.79 Å². The molecule has 9 heavy (non-hydrogen) atoms. The van der Waals surface area contributed by atoms with E-state index in [9.17, 15) is 4.79 Å². The van der Waals surface area contributed by atoms with Crippen LogP contribution in [0.3, 0.4) is 0 Å². The van der Waals surface area contributed by atoms with Gasteiger partial charge in [0.2, 0.25) is 5.91 Å². The fraction of sp³-hybridized carbons (Fsp3) is 0.500. The molecule has 3 heteroatoms. The first-order chi connectivity index (χ1) is 4.16. The fourth-order valence-electron chi connectivity index (χ4n) is 0.458. The Bertz CT molecular complexity index is 120. The van der Waals surface area contributed by atoms with Crippen LogP contribution >= 0.6 is 0 Å². The van der Waals surface area contributed by atoms with Gasteiger partial charge in [0.15, 0.2) is 0 Å². The molecule has 0 aromatic heterocycles. The van der Waals surface area contributed by atoms with E-state index in [0.717, 1.165) is 6.42 Å². The van der Waals surface area contributed by atoms with Gasteiger partial charge in [-0.25, -0.2) is 0 Å². The van der Waals surface area contributed by atoms with Crippen LogP contribution in [0.1, 0.15) is 19.8 Å². The van der Waals surface area contributed by atoms with Crippen molar-refractivity contribution in [2.45, 2.75) is 19.8 Å². The fourth-order valence-corrected chi connectivity index (χ4v) is 0.458. The Kier molecular flexibility index (Phi) is 3.67. The lowest BCUT2D eigenvalue weighted by Gasteiger charge is -1.98. The van der Waals surface area contributed by atoms with E-state index in [4.69, 9.17) is 5.41 Å². The number of amidine groups is 1. The van der Waals surface area contributed by atoms with Crippen molar-refractivity contribution in [3.8, 4) is 0 Å². The standard InChI is InChI=1S/C6H11N2O/c1-3-4-6(9)8-5(2)7/h2-4H2,1H3,(H2,7,8,9). The average molecular weight is 127 g/mol. The monoisotopic (exact) mass is 127 g/mol. The van der Waals surface area contributed by atoms with E-state index >= 15 is 0 Å². The lowest BCUT2D eigenvalue weighted by Crippen LogP contribution is -2.26. The summed E-state index contributed by atoms with van der Waals surface area (Å²) in [6, 6.07) is 0. The maximum atomic E-state index is 10.6. The van der Waals surface area contributed by atoms with Crippen LogP contribution in [0, 0.1) is 12.3 Å². The van der Waals surface area contributed by atoms with E-state index in [0.29, 0.717) is 6.42 Å². The summed E-state index contributed by atoms with van der Waals surface area (Å²) >= 11 is 0. The average Bonchev–Trinajstić information content (AvgIpc) is 1.63. The molecule has 51 valence electrons. The van der Waals surface area contributed by atoms with Gasteiger partial charge in [-0.3, -0.25) is 10.2 Å². The van der Waals surface area contributed by atoms with Crippen LogP contribution in [0.15, 0.2) is 0 Å². The van der Waals surface area contributed by atoms with Gasteiger partial charge in [-0.15, -0.1) is 0 Å². The number of hydrogen-bond acceptors (Lipinski definition) is 2.